The molecule has 3 nitrogen and oxygen atoms in total. The topological polar surface area (TPSA) is 21.7 Å². The molecule has 0 saturated heterocycles. The summed E-state index contributed by atoms with van der Waals surface area (Å²) in [6.45, 7) is 7.08. The van der Waals surface area contributed by atoms with Crippen LogP contribution >= 0.6 is 0 Å². The molecule has 0 fully saturated rings. The van der Waals surface area contributed by atoms with Gasteiger partial charge in [0.05, 0.1) is 0 Å². The first-order valence-corrected chi connectivity index (χ1v) is 9.35. The lowest BCUT2D eigenvalue weighted by Crippen LogP contribution is -2.43. The van der Waals surface area contributed by atoms with Crippen molar-refractivity contribution >= 4 is 0 Å². The third kappa shape index (κ3) is 3.69. The molecule has 0 saturated carbocycles. The van der Waals surface area contributed by atoms with Crippen molar-refractivity contribution in [3.8, 4) is 11.5 Å². The summed E-state index contributed by atoms with van der Waals surface area (Å²) in [4.78, 5) is 6.18. The molecular formula is C24H25NO2. The van der Waals surface area contributed by atoms with Gasteiger partial charge in [-0.15, -0.1) is 5.06 Å². The van der Waals surface area contributed by atoms with Crippen LogP contribution in [0.15, 0.2) is 78.9 Å². The summed E-state index contributed by atoms with van der Waals surface area (Å²) in [7, 11) is 0. The lowest BCUT2D eigenvalue weighted by molar-refractivity contribution is -0.128. The Kier molecular flexibility index (Phi) is 4.63. The van der Waals surface area contributed by atoms with Gasteiger partial charge in [0.15, 0.2) is 5.75 Å². The molecule has 0 aromatic heterocycles. The highest BCUT2D eigenvalue weighted by atomic mass is 16.7. The van der Waals surface area contributed by atoms with Crippen molar-refractivity contribution in [3.63, 3.8) is 0 Å². The Morgan fingerprint density at radius 1 is 0.852 bits per heavy atom. The number of para-hydroxylation sites is 1. The van der Waals surface area contributed by atoms with Crippen LogP contribution in [0.3, 0.4) is 0 Å². The smallest absolute Gasteiger partial charge is 0.152 e. The van der Waals surface area contributed by atoms with Gasteiger partial charge in [0.2, 0.25) is 0 Å². The third-order valence-corrected chi connectivity index (χ3v) is 4.75. The molecule has 3 heteroatoms. The lowest BCUT2D eigenvalue weighted by atomic mass is 9.95. The molecule has 1 aliphatic rings. The first kappa shape index (κ1) is 17.6. The average Bonchev–Trinajstić information content (AvgIpc) is 3.08. The maximum absolute atomic E-state index is 6.18. The largest absolute Gasteiger partial charge is 0.489 e. The van der Waals surface area contributed by atoms with E-state index in [2.05, 4.69) is 62.2 Å². The highest BCUT2D eigenvalue weighted by Gasteiger charge is 2.40. The zero-order valence-corrected chi connectivity index (χ0v) is 16.1. The van der Waals surface area contributed by atoms with Crippen molar-refractivity contribution in [1.82, 2.24) is 5.06 Å². The van der Waals surface area contributed by atoms with Crippen LogP contribution < -0.4 is 9.57 Å². The molecule has 138 valence electrons. The minimum Gasteiger partial charge on any atom is -0.489 e. The Balaban J connectivity index is 1.56. The number of fused-ring (bicyclic) bond motifs is 1. The van der Waals surface area contributed by atoms with Crippen molar-refractivity contribution in [2.75, 3.05) is 0 Å². The lowest BCUT2D eigenvalue weighted by Gasteiger charge is -2.34. The number of hydrogen-bond donors (Lipinski definition) is 0. The number of hydroxylamine groups is 2. The van der Waals surface area contributed by atoms with Crippen molar-refractivity contribution < 1.29 is 9.57 Å². The highest BCUT2D eigenvalue weighted by molar-refractivity contribution is 5.45. The van der Waals surface area contributed by atoms with Gasteiger partial charge in [-0.05, 0) is 50.1 Å². The van der Waals surface area contributed by atoms with Crippen LogP contribution in [-0.2, 0) is 6.61 Å². The molecule has 0 bridgehead atoms. The highest BCUT2D eigenvalue weighted by Crippen LogP contribution is 2.44. The van der Waals surface area contributed by atoms with Crippen molar-refractivity contribution in [2.24, 2.45) is 0 Å². The quantitative estimate of drug-likeness (QED) is 0.591. The number of hydrogen-bond acceptors (Lipinski definition) is 3. The van der Waals surface area contributed by atoms with E-state index in [-0.39, 0.29) is 11.6 Å². The summed E-state index contributed by atoms with van der Waals surface area (Å²) in [5.74, 6) is 1.80. The van der Waals surface area contributed by atoms with E-state index in [4.69, 9.17) is 9.57 Å². The van der Waals surface area contributed by atoms with Crippen LogP contribution in [0.4, 0.5) is 0 Å². The number of nitrogens with zero attached hydrogens (tertiary/aromatic N) is 1. The maximum atomic E-state index is 6.18. The minimum atomic E-state index is -0.119. The fraction of sp³-hybridized carbons (Fsp3) is 0.250. The maximum Gasteiger partial charge on any atom is 0.152 e. The predicted octanol–water partition coefficient (Wildman–Crippen LogP) is 5.76. The molecule has 0 radical (unpaired) electrons. The van der Waals surface area contributed by atoms with Crippen LogP contribution in [-0.4, -0.2) is 10.6 Å². The summed E-state index contributed by atoms with van der Waals surface area (Å²) < 4.78 is 5.93. The predicted molar refractivity (Wildman–Crippen MR) is 108 cm³/mol. The SMILES string of the molecule is CC(C)(C)N1Oc2ccccc2C1c1ccc(OCc2ccccc2)cc1. The van der Waals surface area contributed by atoms with E-state index in [0.29, 0.717) is 6.61 Å². The number of rotatable bonds is 4. The van der Waals surface area contributed by atoms with Gasteiger partial charge in [-0.25, -0.2) is 0 Å². The summed E-state index contributed by atoms with van der Waals surface area (Å²) in [6, 6.07) is 26.9. The zero-order chi connectivity index (χ0) is 18.9. The molecular weight excluding hydrogens is 334 g/mol. The fourth-order valence-electron chi connectivity index (χ4n) is 3.40. The van der Waals surface area contributed by atoms with Crippen LogP contribution in [0.5, 0.6) is 11.5 Å². The van der Waals surface area contributed by atoms with E-state index in [0.717, 1.165) is 11.5 Å². The molecule has 4 rings (SSSR count). The third-order valence-electron chi connectivity index (χ3n) is 4.75. The summed E-state index contributed by atoms with van der Waals surface area (Å²) >= 11 is 0. The second-order valence-corrected chi connectivity index (χ2v) is 7.87. The molecule has 3 aromatic carbocycles. The van der Waals surface area contributed by atoms with Gasteiger partial charge < -0.3 is 9.57 Å². The van der Waals surface area contributed by atoms with Gasteiger partial charge in [0, 0.05) is 11.1 Å². The Morgan fingerprint density at radius 2 is 1.52 bits per heavy atom. The van der Waals surface area contributed by atoms with Gasteiger partial charge in [0.25, 0.3) is 0 Å². The number of benzene rings is 3. The standard InChI is InChI=1S/C24H25NO2/c1-24(2,3)25-23(21-11-7-8-12-22(21)27-25)19-13-15-20(16-14-19)26-17-18-9-5-4-6-10-18/h4-16,23H,17H2,1-3H3. The molecule has 0 N–H and O–H groups in total. The van der Waals surface area contributed by atoms with Crippen LogP contribution in [0.2, 0.25) is 0 Å². The molecule has 0 spiro atoms. The van der Waals surface area contributed by atoms with E-state index in [1.807, 2.05) is 42.5 Å². The molecule has 1 heterocycles. The van der Waals surface area contributed by atoms with Crippen LogP contribution in [0.25, 0.3) is 0 Å². The second-order valence-electron chi connectivity index (χ2n) is 7.87. The van der Waals surface area contributed by atoms with Crippen molar-refractivity contribution in [3.05, 3.63) is 95.6 Å². The molecule has 1 aliphatic heterocycles. The minimum absolute atomic E-state index is 0.0735. The van der Waals surface area contributed by atoms with E-state index in [1.165, 1.54) is 16.7 Å². The molecule has 1 unspecified atom stereocenters. The van der Waals surface area contributed by atoms with E-state index >= 15 is 0 Å². The zero-order valence-electron chi connectivity index (χ0n) is 16.1. The van der Waals surface area contributed by atoms with E-state index in [1.54, 1.807) is 0 Å². The summed E-state index contributed by atoms with van der Waals surface area (Å²) in [6.07, 6.45) is 0. The van der Waals surface area contributed by atoms with Gasteiger partial charge in [-0.2, -0.15) is 0 Å². The first-order chi connectivity index (χ1) is 13.0. The Morgan fingerprint density at radius 3 is 2.22 bits per heavy atom. The molecule has 27 heavy (non-hydrogen) atoms. The Bertz CT molecular complexity index is 898. The van der Waals surface area contributed by atoms with Crippen molar-refractivity contribution in [1.29, 1.82) is 0 Å². The van der Waals surface area contributed by atoms with Gasteiger partial charge >= 0.3 is 0 Å². The molecule has 3 aromatic rings. The van der Waals surface area contributed by atoms with Gasteiger partial charge in [-0.3, -0.25) is 0 Å². The molecule has 1 atom stereocenters. The monoisotopic (exact) mass is 359 g/mol. The van der Waals surface area contributed by atoms with Gasteiger partial charge in [-0.1, -0.05) is 60.7 Å². The molecule has 0 aliphatic carbocycles. The van der Waals surface area contributed by atoms with Crippen LogP contribution in [0.1, 0.15) is 43.5 Å². The summed E-state index contributed by atoms with van der Waals surface area (Å²) in [5.41, 5.74) is 3.44. The summed E-state index contributed by atoms with van der Waals surface area (Å²) in [5, 5.41) is 2.08. The van der Waals surface area contributed by atoms with Gasteiger partial charge in [0.1, 0.15) is 18.4 Å². The first-order valence-electron chi connectivity index (χ1n) is 9.35. The van der Waals surface area contributed by atoms with Crippen LogP contribution in [0, 0.1) is 0 Å². The normalized spacial score (nSPS) is 16.6. The Hall–Kier alpha value is -2.78. The van der Waals surface area contributed by atoms with E-state index < -0.39 is 0 Å². The van der Waals surface area contributed by atoms with Crippen molar-refractivity contribution in [2.45, 2.75) is 39.0 Å². The Labute approximate surface area is 161 Å². The average molecular weight is 359 g/mol. The molecule has 0 amide bonds. The fourth-order valence-corrected chi connectivity index (χ4v) is 3.40. The van der Waals surface area contributed by atoms with E-state index in [9.17, 15) is 0 Å². The number of ether oxygens (including phenoxy) is 1. The second kappa shape index (κ2) is 7.09.